The number of carbonyl (C=O) groups excluding carboxylic acids is 6. The summed E-state index contributed by atoms with van der Waals surface area (Å²) in [6.07, 6.45) is -3.33. The van der Waals surface area contributed by atoms with Crippen LogP contribution in [0, 0.1) is 6.92 Å². The summed E-state index contributed by atoms with van der Waals surface area (Å²) < 4.78 is 26.5. The van der Waals surface area contributed by atoms with Crippen LogP contribution >= 0.6 is 0 Å². The van der Waals surface area contributed by atoms with Crippen LogP contribution in [0.3, 0.4) is 0 Å². The fraction of sp³-hybridized carbons (Fsp3) is 0.314. The molecule has 46 heavy (non-hydrogen) atoms. The minimum Gasteiger partial charge on any atom is -0.465 e. The second-order valence-corrected chi connectivity index (χ2v) is 10.7. The van der Waals surface area contributed by atoms with Crippen LogP contribution in [0.25, 0.3) is 0 Å². The van der Waals surface area contributed by atoms with E-state index in [2.05, 4.69) is 4.74 Å². The van der Waals surface area contributed by atoms with Crippen LogP contribution in [0.4, 0.5) is 0 Å². The van der Waals surface area contributed by atoms with Gasteiger partial charge in [0.25, 0.3) is 0 Å². The van der Waals surface area contributed by atoms with E-state index in [1.54, 1.807) is 40.7 Å². The molecule has 4 unspecified atom stereocenters. The molecule has 0 fully saturated rings. The topological polar surface area (TPSA) is 149 Å². The zero-order valence-corrected chi connectivity index (χ0v) is 26.7. The number of aryl methyl sites for hydroxylation is 1. The van der Waals surface area contributed by atoms with E-state index in [-0.39, 0.29) is 33.6 Å². The summed E-state index contributed by atoms with van der Waals surface area (Å²) >= 11 is 0. The molecule has 0 saturated heterocycles. The van der Waals surface area contributed by atoms with E-state index >= 15 is 0 Å². The van der Waals surface area contributed by atoms with E-state index in [1.807, 2.05) is 0 Å². The highest BCUT2D eigenvalue weighted by molar-refractivity contribution is 5.97. The van der Waals surface area contributed by atoms with E-state index in [0.29, 0.717) is 11.1 Å². The van der Waals surface area contributed by atoms with Gasteiger partial charge in [-0.25, -0.2) is 24.0 Å². The van der Waals surface area contributed by atoms with Gasteiger partial charge in [-0.15, -0.1) is 0 Å². The Kier molecular flexibility index (Phi) is 11.9. The third-order valence-corrected chi connectivity index (χ3v) is 7.11. The molecule has 0 N–H and O–H groups in total. The monoisotopic (exact) mass is 632 g/mol. The van der Waals surface area contributed by atoms with Gasteiger partial charge in [-0.3, -0.25) is 4.79 Å². The number of hydrogen-bond acceptors (Lipinski definition) is 11. The molecule has 242 valence electrons. The molecule has 0 amide bonds. The Labute approximate surface area is 266 Å². The van der Waals surface area contributed by atoms with Crippen molar-refractivity contribution in [1.82, 2.24) is 0 Å². The second-order valence-electron chi connectivity index (χ2n) is 10.7. The maximum atomic E-state index is 13.0. The third-order valence-electron chi connectivity index (χ3n) is 7.11. The van der Waals surface area contributed by atoms with Gasteiger partial charge in [0.2, 0.25) is 0 Å². The summed E-state index contributed by atoms with van der Waals surface area (Å²) in [4.78, 5) is 74.1. The van der Waals surface area contributed by atoms with Crippen LogP contribution in [0.5, 0.6) is 0 Å². The van der Waals surface area contributed by atoms with Crippen molar-refractivity contribution in [2.75, 3.05) is 7.11 Å². The molecule has 0 aliphatic rings. The van der Waals surface area contributed by atoms with Crippen molar-refractivity contribution in [2.24, 2.45) is 0 Å². The number of rotatable bonds is 12. The summed E-state index contributed by atoms with van der Waals surface area (Å²) in [7, 11) is 1.25. The number of esters is 5. The summed E-state index contributed by atoms with van der Waals surface area (Å²) in [5.41, 5.74) is 1.92. The zero-order valence-electron chi connectivity index (χ0n) is 26.7. The van der Waals surface area contributed by atoms with Gasteiger partial charge < -0.3 is 23.7 Å². The van der Waals surface area contributed by atoms with Crippen molar-refractivity contribution in [3.63, 3.8) is 0 Å². The minimum atomic E-state index is -0.851. The molecular formula is C35H36O11. The number of carbonyl (C=O) groups is 6. The average molecular weight is 633 g/mol. The van der Waals surface area contributed by atoms with E-state index in [0.717, 1.165) is 0 Å². The SMILES string of the molecule is COC(=O)c1ccc(C(=O)OC(C)C(C)OC(=O)c2cc(C)cc(C(=O)OC(C)C(C)OC(=O)c3ccc(C(C)=O)cc3)c2)cc1. The Balaban J connectivity index is 1.58. The molecule has 0 heterocycles. The van der Waals surface area contributed by atoms with Gasteiger partial charge in [-0.1, -0.05) is 12.1 Å². The lowest BCUT2D eigenvalue weighted by atomic mass is 10.1. The van der Waals surface area contributed by atoms with Gasteiger partial charge in [0.15, 0.2) is 5.78 Å². The van der Waals surface area contributed by atoms with Crippen molar-refractivity contribution in [3.8, 4) is 0 Å². The molecular weight excluding hydrogens is 596 g/mol. The quantitative estimate of drug-likeness (QED) is 0.140. The Hall–Kier alpha value is -5.32. The van der Waals surface area contributed by atoms with Crippen LogP contribution in [-0.2, 0) is 23.7 Å². The van der Waals surface area contributed by atoms with Crippen molar-refractivity contribution >= 4 is 35.6 Å². The Bertz CT molecular complexity index is 1610. The van der Waals surface area contributed by atoms with Gasteiger partial charge in [-0.05, 0) is 102 Å². The first-order valence-electron chi connectivity index (χ1n) is 14.4. The first-order chi connectivity index (χ1) is 21.7. The lowest BCUT2D eigenvalue weighted by Gasteiger charge is -2.22. The number of hydrogen-bond donors (Lipinski definition) is 0. The molecule has 0 bridgehead atoms. The third kappa shape index (κ3) is 9.34. The van der Waals surface area contributed by atoms with Crippen LogP contribution in [0.1, 0.15) is 102 Å². The fourth-order valence-electron chi connectivity index (χ4n) is 4.05. The molecule has 0 aliphatic heterocycles. The lowest BCUT2D eigenvalue weighted by Crippen LogP contribution is -2.31. The highest BCUT2D eigenvalue weighted by atomic mass is 16.6. The highest BCUT2D eigenvalue weighted by Gasteiger charge is 2.25. The van der Waals surface area contributed by atoms with Crippen LogP contribution in [-0.4, -0.2) is 67.2 Å². The van der Waals surface area contributed by atoms with Gasteiger partial charge >= 0.3 is 29.8 Å². The summed E-state index contributed by atoms with van der Waals surface area (Å²) in [5.74, 6) is -3.48. The number of ether oxygens (including phenoxy) is 5. The molecule has 11 nitrogen and oxygen atoms in total. The predicted molar refractivity (Wildman–Crippen MR) is 165 cm³/mol. The largest absolute Gasteiger partial charge is 0.465 e. The normalized spacial score (nSPS) is 13.3. The fourth-order valence-corrected chi connectivity index (χ4v) is 4.05. The molecule has 0 spiro atoms. The highest BCUT2D eigenvalue weighted by Crippen LogP contribution is 2.18. The first-order valence-corrected chi connectivity index (χ1v) is 14.4. The minimum absolute atomic E-state index is 0.0804. The molecule has 3 aromatic carbocycles. The van der Waals surface area contributed by atoms with E-state index in [1.165, 1.54) is 74.7 Å². The van der Waals surface area contributed by atoms with Gasteiger partial charge in [-0.2, -0.15) is 0 Å². The summed E-state index contributed by atoms with van der Waals surface area (Å²) in [6, 6.07) is 16.1. The molecule has 0 aromatic heterocycles. The molecule has 3 aromatic rings. The number of Topliss-reactive ketones (excluding diaryl/α,β-unsaturated/α-hetero) is 1. The smallest absolute Gasteiger partial charge is 0.338 e. The standard InChI is InChI=1S/C35H36O11/c1-19-16-29(34(40)45-23(5)21(3)43-32(38)27-10-8-25(9-11-27)20(2)36)18-30(17-19)35(41)46-24(6)22(4)44-33(39)28-14-12-26(13-15-28)31(37)42-7/h8-18,21-24H,1-7H3. The van der Waals surface area contributed by atoms with Crippen molar-refractivity contribution < 1.29 is 52.5 Å². The molecule has 0 aliphatic carbocycles. The molecule has 3 rings (SSSR count). The molecule has 0 saturated carbocycles. The van der Waals surface area contributed by atoms with Crippen LogP contribution < -0.4 is 0 Å². The zero-order chi connectivity index (χ0) is 34.1. The van der Waals surface area contributed by atoms with Gasteiger partial charge in [0, 0.05) is 5.56 Å². The van der Waals surface area contributed by atoms with E-state index in [9.17, 15) is 28.8 Å². The Morgan fingerprint density at radius 3 is 1.04 bits per heavy atom. The predicted octanol–water partition coefficient (Wildman–Crippen LogP) is 5.57. The maximum absolute atomic E-state index is 13.0. The molecule has 11 heteroatoms. The van der Waals surface area contributed by atoms with E-state index in [4.69, 9.17) is 18.9 Å². The van der Waals surface area contributed by atoms with E-state index < -0.39 is 54.3 Å². The van der Waals surface area contributed by atoms with Crippen molar-refractivity contribution in [3.05, 3.63) is 106 Å². The van der Waals surface area contributed by atoms with Crippen molar-refractivity contribution in [1.29, 1.82) is 0 Å². The number of methoxy groups -OCH3 is 1. The maximum Gasteiger partial charge on any atom is 0.338 e. The van der Waals surface area contributed by atoms with Crippen LogP contribution in [0.2, 0.25) is 0 Å². The Morgan fingerprint density at radius 1 is 0.457 bits per heavy atom. The first kappa shape index (κ1) is 35.2. The molecule has 0 radical (unpaired) electrons. The lowest BCUT2D eigenvalue weighted by molar-refractivity contribution is -0.0244. The van der Waals surface area contributed by atoms with Gasteiger partial charge in [0.1, 0.15) is 24.4 Å². The second kappa shape index (κ2) is 15.6. The van der Waals surface area contributed by atoms with Gasteiger partial charge in [0.05, 0.1) is 34.9 Å². The Morgan fingerprint density at radius 2 is 0.739 bits per heavy atom. The summed E-state index contributed by atoms with van der Waals surface area (Å²) in [5, 5.41) is 0. The van der Waals surface area contributed by atoms with Crippen LogP contribution in [0.15, 0.2) is 66.7 Å². The summed E-state index contributed by atoms with van der Waals surface area (Å²) in [6.45, 7) is 9.38. The number of ketones is 1. The van der Waals surface area contributed by atoms with Crippen molar-refractivity contribution in [2.45, 2.75) is 66.0 Å². The number of benzene rings is 3. The molecule has 4 atom stereocenters. The average Bonchev–Trinajstić information content (AvgIpc) is 3.03.